The van der Waals surface area contributed by atoms with Gasteiger partial charge in [-0.15, -0.1) is 0 Å². The summed E-state index contributed by atoms with van der Waals surface area (Å²) in [5.74, 6) is -0.0196. The van der Waals surface area contributed by atoms with Crippen molar-refractivity contribution in [3.8, 4) is 5.75 Å². The summed E-state index contributed by atoms with van der Waals surface area (Å²) in [6.07, 6.45) is 1.92. The number of amides is 2. The van der Waals surface area contributed by atoms with Gasteiger partial charge in [-0.1, -0.05) is 53.5 Å². The Morgan fingerprint density at radius 2 is 1.60 bits per heavy atom. The molecule has 154 valence electrons. The van der Waals surface area contributed by atoms with Gasteiger partial charge in [-0.25, -0.2) is 0 Å². The minimum Gasteiger partial charge on any atom is -0.493 e. The molecule has 30 heavy (non-hydrogen) atoms. The largest absolute Gasteiger partial charge is 0.493 e. The summed E-state index contributed by atoms with van der Waals surface area (Å²) in [7, 11) is 0. The van der Waals surface area contributed by atoms with Crippen LogP contribution < -0.4 is 15.4 Å². The number of carbonyl (C=O) groups excluding carboxylic acids is 2. The van der Waals surface area contributed by atoms with E-state index in [-0.39, 0.29) is 11.8 Å². The van der Waals surface area contributed by atoms with Crippen LogP contribution in [0.4, 0.5) is 11.4 Å². The van der Waals surface area contributed by atoms with Crippen LogP contribution in [-0.2, 0) is 0 Å². The van der Waals surface area contributed by atoms with Crippen LogP contribution in [0.3, 0.4) is 0 Å². The summed E-state index contributed by atoms with van der Waals surface area (Å²) in [6, 6.07) is 21.4. The molecule has 0 aromatic heterocycles. The normalized spacial score (nSPS) is 10.3. The molecule has 0 bridgehead atoms. The van der Waals surface area contributed by atoms with Gasteiger partial charge in [-0.3, -0.25) is 9.59 Å². The fourth-order valence-corrected chi connectivity index (χ4v) is 3.15. The van der Waals surface area contributed by atoms with Crippen LogP contribution in [-0.4, -0.2) is 18.4 Å². The number of para-hydroxylation sites is 1. The molecule has 0 aliphatic carbocycles. The number of carbonyl (C=O) groups is 2. The Kier molecular flexibility index (Phi) is 7.63. The van der Waals surface area contributed by atoms with Crippen LogP contribution in [0.1, 0.15) is 40.5 Å². The van der Waals surface area contributed by atoms with Crippen molar-refractivity contribution in [2.24, 2.45) is 0 Å². The quantitative estimate of drug-likeness (QED) is 0.392. The third-order valence-corrected chi connectivity index (χ3v) is 4.85. The van der Waals surface area contributed by atoms with Gasteiger partial charge in [-0.2, -0.15) is 0 Å². The number of hydrogen-bond acceptors (Lipinski definition) is 3. The molecule has 0 aliphatic rings. The van der Waals surface area contributed by atoms with E-state index >= 15 is 0 Å². The summed E-state index contributed by atoms with van der Waals surface area (Å²) in [4.78, 5) is 25.4. The zero-order valence-corrected chi connectivity index (χ0v) is 18.2. The molecule has 0 unspecified atom stereocenters. The van der Waals surface area contributed by atoms with Crippen molar-refractivity contribution in [3.63, 3.8) is 0 Å². The average molecular weight is 467 g/mol. The molecule has 0 fully saturated rings. The average Bonchev–Trinajstić information content (AvgIpc) is 2.75. The van der Waals surface area contributed by atoms with Gasteiger partial charge in [0.25, 0.3) is 11.8 Å². The van der Waals surface area contributed by atoms with Crippen LogP contribution >= 0.6 is 15.9 Å². The lowest BCUT2D eigenvalue weighted by molar-refractivity contribution is 0.101. The summed E-state index contributed by atoms with van der Waals surface area (Å²) >= 11 is 3.41. The highest BCUT2D eigenvalue weighted by atomic mass is 79.9. The molecule has 3 aromatic carbocycles. The summed E-state index contributed by atoms with van der Waals surface area (Å²) in [5.41, 5.74) is 2.12. The molecule has 6 heteroatoms. The smallest absolute Gasteiger partial charge is 0.259 e. The van der Waals surface area contributed by atoms with E-state index in [2.05, 4.69) is 33.5 Å². The number of anilines is 2. The zero-order valence-electron chi connectivity index (χ0n) is 16.7. The molecule has 3 aromatic rings. The van der Waals surface area contributed by atoms with Gasteiger partial charge in [0.05, 0.1) is 12.2 Å². The molecular formula is C24H23BrN2O3. The second kappa shape index (κ2) is 10.6. The minimum atomic E-state index is -0.302. The van der Waals surface area contributed by atoms with E-state index in [1.165, 1.54) is 0 Å². The van der Waals surface area contributed by atoms with Crippen LogP contribution in [0.2, 0.25) is 0 Å². The first-order chi connectivity index (χ1) is 14.6. The minimum absolute atomic E-state index is 0.247. The zero-order chi connectivity index (χ0) is 21.3. The Balaban J connectivity index is 1.74. The SMILES string of the molecule is CCCCOc1ccc(Br)cc1C(=O)Nc1cccc(C(=O)Nc2ccccc2)c1. The predicted octanol–water partition coefficient (Wildman–Crippen LogP) is 6.13. The van der Waals surface area contributed by atoms with Crippen molar-refractivity contribution in [2.75, 3.05) is 17.2 Å². The summed E-state index contributed by atoms with van der Waals surface area (Å²) in [5, 5.41) is 5.69. The molecule has 3 rings (SSSR count). The highest BCUT2D eigenvalue weighted by Gasteiger charge is 2.15. The maximum atomic E-state index is 12.9. The van der Waals surface area contributed by atoms with Crippen LogP contribution in [0.5, 0.6) is 5.75 Å². The van der Waals surface area contributed by atoms with E-state index in [9.17, 15) is 9.59 Å². The number of halogens is 1. The number of hydrogen-bond donors (Lipinski definition) is 2. The highest BCUT2D eigenvalue weighted by molar-refractivity contribution is 9.10. The van der Waals surface area contributed by atoms with Gasteiger partial charge in [-0.05, 0) is 55.0 Å². The predicted molar refractivity (Wildman–Crippen MR) is 123 cm³/mol. The molecule has 0 spiro atoms. The topological polar surface area (TPSA) is 67.4 Å². The second-order valence-corrected chi connectivity index (χ2v) is 7.61. The number of nitrogens with one attached hydrogen (secondary N) is 2. The molecule has 2 amide bonds. The van der Waals surface area contributed by atoms with Gasteiger partial charge in [0.2, 0.25) is 0 Å². The fourth-order valence-electron chi connectivity index (χ4n) is 2.79. The van der Waals surface area contributed by atoms with Crippen molar-refractivity contribution < 1.29 is 14.3 Å². The van der Waals surface area contributed by atoms with E-state index in [1.54, 1.807) is 36.4 Å². The van der Waals surface area contributed by atoms with Crippen molar-refractivity contribution in [2.45, 2.75) is 19.8 Å². The van der Waals surface area contributed by atoms with E-state index in [1.807, 2.05) is 36.4 Å². The van der Waals surface area contributed by atoms with Gasteiger partial charge in [0.1, 0.15) is 5.75 Å². The molecule has 0 radical (unpaired) electrons. The molecule has 0 saturated heterocycles. The Labute approximate surface area is 184 Å². The van der Waals surface area contributed by atoms with Gasteiger partial charge in [0.15, 0.2) is 0 Å². The van der Waals surface area contributed by atoms with Crippen molar-refractivity contribution >= 4 is 39.1 Å². The van der Waals surface area contributed by atoms with Gasteiger partial charge < -0.3 is 15.4 Å². The van der Waals surface area contributed by atoms with E-state index in [0.717, 1.165) is 17.3 Å². The monoisotopic (exact) mass is 466 g/mol. The lowest BCUT2D eigenvalue weighted by Crippen LogP contribution is -2.16. The van der Waals surface area contributed by atoms with Gasteiger partial charge >= 0.3 is 0 Å². The Bertz CT molecular complexity index is 1020. The number of rotatable bonds is 8. The van der Waals surface area contributed by atoms with Gasteiger partial charge in [0, 0.05) is 21.4 Å². The number of ether oxygens (including phenoxy) is 1. The maximum absolute atomic E-state index is 12.9. The lowest BCUT2D eigenvalue weighted by Gasteiger charge is -2.13. The van der Waals surface area contributed by atoms with Crippen molar-refractivity contribution in [3.05, 3.63) is 88.4 Å². The maximum Gasteiger partial charge on any atom is 0.259 e. The number of benzene rings is 3. The fraction of sp³-hybridized carbons (Fsp3) is 0.167. The molecule has 0 aliphatic heterocycles. The highest BCUT2D eigenvalue weighted by Crippen LogP contribution is 2.25. The first-order valence-corrected chi connectivity index (χ1v) is 10.6. The molecular weight excluding hydrogens is 444 g/mol. The first-order valence-electron chi connectivity index (χ1n) is 9.77. The van der Waals surface area contributed by atoms with Crippen LogP contribution in [0.15, 0.2) is 77.3 Å². The molecule has 0 heterocycles. The van der Waals surface area contributed by atoms with E-state index in [0.29, 0.717) is 34.9 Å². The third kappa shape index (κ3) is 5.94. The van der Waals surface area contributed by atoms with Crippen LogP contribution in [0, 0.1) is 0 Å². The Hall–Kier alpha value is -3.12. The molecule has 0 atom stereocenters. The Morgan fingerprint density at radius 3 is 2.37 bits per heavy atom. The molecule has 2 N–H and O–H groups in total. The lowest BCUT2D eigenvalue weighted by atomic mass is 10.1. The molecule has 0 saturated carbocycles. The summed E-state index contributed by atoms with van der Waals surface area (Å²) < 4.78 is 6.56. The number of unbranched alkanes of at least 4 members (excludes halogenated alkanes) is 1. The second-order valence-electron chi connectivity index (χ2n) is 6.70. The first kappa shape index (κ1) is 21.6. The van der Waals surface area contributed by atoms with Crippen molar-refractivity contribution in [1.82, 2.24) is 0 Å². The van der Waals surface area contributed by atoms with Crippen LogP contribution in [0.25, 0.3) is 0 Å². The van der Waals surface area contributed by atoms with Crippen molar-refractivity contribution in [1.29, 1.82) is 0 Å². The third-order valence-electron chi connectivity index (χ3n) is 4.36. The standard InChI is InChI=1S/C24H23BrN2O3/c1-2-3-14-30-22-13-12-18(25)16-21(22)24(29)27-20-11-7-8-17(15-20)23(28)26-19-9-5-4-6-10-19/h4-13,15-16H,2-3,14H2,1H3,(H,26,28)(H,27,29). The van der Waals surface area contributed by atoms with E-state index in [4.69, 9.17) is 4.74 Å². The van der Waals surface area contributed by atoms with E-state index < -0.39 is 0 Å². The molecule has 5 nitrogen and oxygen atoms in total. The summed E-state index contributed by atoms with van der Waals surface area (Å²) in [6.45, 7) is 2.63. The Morgan fingerprint density at radius 1 is 0.867 bits per heavy atom.